The number of methoxy groups -OCH3 is 8. The van der Waals surface area contributed by atoms with Crippen LogP contribution in [0.4, 0.5) is 0 Å². The van der Waals surface area contributed by atoms with Crippen LogP contribution >= 0.6 is 0 Å². The maximum absolute atomic E-state index is 13.4. The molecule has 0 unspecified atom stereocenters. The second-order valence-electron chi connectivity index (χ2n) is 27.9. The minimum absolute atomic E-state index is 0.0386. The molecule has 3 atom stereocenters. The summed E-state index contributed by atoms with van der Waals surface area (Å²) >= 11 is 0. The zero-order chi connectivity index (χ0) is 76.4. The van der Waals surface area contributed by atoms with Crippen LogP contribution in [0.3, 0.4) is 0 Å². The number of carboxylic acid groups (broad SMARTS) is 1. The molecule has 6 N–H and O–H groups in total. The van der Waals surface area contributed by atoms with Gasteiger partial charge in [0.25, 0.3) is 17.7 Å². The summed E-state index contributed by atoms with van der Waals surface area (Å²) in [5, 5.41) is 37.2. The van der Waals surface area contributed by atoms with E-state index in [2.05, 4.69) is 46.3 Å². The van der Waals surface area contributed by atoms with Crippen molar-refractivity contribution in [3.8, 4) is 68.3 Å². The fourth-order valence-corrected chi connectivity index (χ4v) is 13.3. The van der Waals surface area contributed by atoms with Gasteiger partial charge in [0.1, 0.15) is 47.6 Å². The van der Waals surface area contributed by atoms with Crippen LogP contribution < -0.4 is 55.0 Å². The number of benzene rings is 3. The molecule has 0 aliphatic heterocycles. The van der Waals surface area contributed by atoms with Gasteiger partial charge in [-0.25, -0.2) is 0 Å². The average molecular weight is 1460 g/mol. The third-order valence-corrected chi connectivity index (χ3v) is 18.3. The highest BCUT2D eigenvalue weighted by molar-refractivity contribution is 5.96. The molecule has 28 nitrogen and oxygen atoms in total. The number of rotatable bonds is 35. The summed E-state index contributed by atoms with van der Waals surface area (Å²) in [5.41, 5.74) is 5.25. The number of carboxylic acids is 1. The van der Waals surface area contributed by atoms with E-state index < -0.39 is 36.0 Å². The first-order chi connectivity index (χ1) is 50.3. The summed E-state index contributed by atoms with van der Waals surface area (Å²) < 4.78 is 48.4. The van der Waals surface area contributed by atoms with E-state index in [4.69, 9.17) is 33.5 Å². The van der Waals surface area contributed by atoms with Crippen molar-refractivity contribution in [3.63, 3.8) is 0 Å². The van der Waals surface area contributed by atoms with Gasteiger partial charge in [-0.15, -0.1) is 0 Å². The van der Waals surface area contributed by atoms with Crippen LogP contribution in [-0.4, -0.2) is 170 Å². The number of carbonyl (C=O) groups excluding carboxylic acids is 7. The summed E-state index contributed by atoms with van der Waals surface area (Å²) in [6.45, 7) is 12.3. The van der Waals surface area contributed by atoms with Gasteiger partial charge in [-0.05, 0) is 136 Å². The SMILES string of the molecule is COC(=O)CNC(=O)C[C@H](CC(C)C)NC(=O)c1cc(-c2c(OC)cccc2OC)n(C2CCCC2)n1.COC(=O)CNC(=O)C[C@H](CC(C)C)NC(=O)c1cc(-c2c(OC)cccc2OC)n(CC2CC2)n1.COc1cccc(OC)c1-c1cc(C(=O)N[C@H](CC(=O)O)CC(C)C)nn1C1CCCC1. The molecule has 105 heavy (non-hydrogen) atoms. The number of ether oxygens (including phenoxy) is 8. The maximum atomic E-state index is 13.4. The molecule has 6 aromatic rings. The van der Waals surface area contributed by atoms with Gasteiger partial charge in [-0.1, -0.05) is 85.4 Å². The molecular weight excluding hydrogens is 1350 g/mol. The molecule has 572 valence electrons. The maximum Gasteiger partial charge on any atom is 0.325 e. The van der Waals surface area contributed by atoms with Gasteiger partial charge >= 0.3 is 17.9 Å². The van der Waals surface area contributed by atoms with Gasteiger partial charge in [0.05, 0.1) is 109 Å². The van der Waals surface area contributed by atoms with Crippen molar-refractivity contribution in [1.82, 2.24) is 55.9 Å². The van der Waals surface area contributed by atoms with E-state index in [1.54, 1.807) is 60.9 Å². The second kappa shape index (κ2) is 40.2. The van der Waals surface area contributed by atoms with Gasteiger partial charge in [0.15, 0.2) is 17.1 Å². The molecule has 0 saturated heterocycles. The van der Waals surface area contributed by atoms with Crippen molar-refractivity contribution >= 4 is 47.4 Å². The monoisotopic (exact) mass is 1460 g/mol. The van der Waals surface area contributed by atoms with E-state index in [1.807, 2.05) is 110 Å². The smallest absolute Gasteiger partial charge is 0.325 e. The third kappa shape index (κ3) is 23.7. The van der Waals surface area contributed by atoms with Crippen LogP contribution in [0.25, 0.3) is 33.8 Å². The molecule has 9 rings (SSSR count). The van der Waals surface area contributed by atoms with Gasteiger partial charge in [0, 0.05) is 37.5 Å². The number of nitrogens with zero attached hydrogens (tertiary/aromatic N) is 6. The minimum atomic E-state index is -0.938. The number of hydrogen-bond acceptors (Lipinski definition) is 19. The topological polar surface area (TPSA) is 344 Å². The van der Waals surface area contributed by atoms with Crippen LogP contribution in [0.15, 0.2) is 72.8 Å². The van der Waals surface area contributed by atoms with E-state index >= 15 is 0 Å². The Bertz CT molecular complexity index is 3830. The normalized spacial score (nSPS) is 14.3. The minimum Gasteiger partial charge on any atom is -0.496 e. The van der Waals surface area contributed by atoms with Crippen LogP contribution in [0.1, 0.15) is 188 Å². The van der Waals surface area contributed by atoms with Crippen LogP contribution in [0.5, 0.6) is 34.5 Å². The predicted molar refractivity (Wildman–Crippen MR) is 394 cm³/mol. The molecule has 0 spiro atoms. The van der Waals surface area contributed by atoms with Gasteiger partial charge < -0.3 is 69.6 Å². The molecule has 0 radical (unpaired) electrons. The van der Waals surface area contributed by atoms with Crippen molar-refractivity contribution in [1.29, 1.82) is 0 Å². The summed E-state index contributed by atoms with van der Waals surface area (Å²) in [7, 11) is 12.1. The van der Waals surface area contributed by atoms with Crippen LogP contribution in [0.2, 0.25) is 0 Å². The standard InChI is InChI=1S/C27H38N4O6.C26H36N4O6.C24H33N3O5/c1-17(2)13-18(14-24(32)28-16-25(33)37-5)29-27(34)20-15-21(31(30-20)19-9-6-7-10-19)26-22(35-3)11-8-12-23(26)36-4;1-16(2)11-18(12-23(31)27-14-24(32)36-5)28-26(33)19-13-20(30(29-19)15-17-9-10-17)25-21(34-3)7-6-8-22(25)35-4;1-15(2)12-16(13-22(28)29)25-24(30)18-14-19(27(26-18)17-8-5-6-9-17)23-20(31-3)10-7-11-21(23)32-4/h8,11-12,15,17-19H,6-7,9-10,13-14,16H2,1-5H3,(H,28,32)(H,29,34);6-8,13,16-18H,9-12,14-15H2,1-5H3,(H,27,31)(H,28,33);7,10-11,14-17H,5-6,8-9,12-13H2,1-4H3,(H,25,30)(H,28,29)/t2*18-;16-/m000/s1. The Labute approximate surface area is 615 Å². The number of nitrogens with one attached hydrogen (secondary N) is 5. The first kappa shape index (κ1) is 82.1. The van der Waals surface area contributed by atoms with Crippen molar-refractivity contribution in [2.45, 2.75) is 181 Å². The first-order valence-corrected chi connectivity index (χ1v) is 36.1. The fourth-order valence-electron chi connectivity index (χ4n) is 13.3. The van der Waals surface area contributed by atoms with Crippen molar-refractivity contribution in [2.75, 3.05) is 70.0 Å². The second-order valence-corrected chi connectivity index (χ2v) is 27.9. The molecule has 3 aliphatic carbocycles. The highest BCUT2D eigenvalue weighted by Gasteiger charge is 2.33. The van der Waals surface area contributed by atoms with E-state index in [9.17, 15) is 43.5 Å². The van der Waals surface area contributed by atoms with Gasteiger partial charge in [0.2, 0.25) is 11.8 Å². The van der Waals surface area contributed by atoms with E-state index in [1.165, 1.54) is 14.2 Å². The molecule has 3 fully saturated rings. The molecule has 0 bridgehead atoms. The number of amides is 5. The lowest BCUT2D eigenvalue weighted by atomic mass is 10.0. The number of aromatic nitrogens is 6. The van der Waals surface area contributed by atoms with Crippen LogP contribution in [-0.2, 0) is 40.0 Å². The summed E-state index contributed by atoms with van der Waals surface area (Å²) in [5.74, 6) is 1.25. The quantitative estimate of drug-likeness (QED) is 0.0201. The number of aliphatic carboxylic acids is 1. The molecule has 3 aliphatic rings. The molecule has 3 aromatic carbocycles. The molecule has 28 heteroatoms. The first-order valence-electron chi connectivity index (χ1n) is 36.1. The number of hydrogen-bond donors (Lipinski definition) is 6. The lowest BCUT2D eigenvalue weighted by Crippen LogP contribution is -2.41. The molecule has 3 heterocycles. The molecular formula is C77H107N11O17. The number of carbonyl (C=O) groups is 8. The zero-order valence-electron chi connectivity index (χ0n) is 63.2. The Morgan fingerprint density at radius 3 is 1.04 bits per heavy atom. The average Bonchev–Trinajstić information content (AvgIpc) is 1.68. The highest BCUT2D eigenvalue weighted by atomic mass is 16.5. The van der Waals surface area contributed by atoms with Gasteiger partial charge in [-0.3, -0.25) is 52.4 Å². The molecule has 5 amide bonds. The molecule has 3 saturated carbocycles. The lowest BCUT2D eigenvalue weighted by molar-refractivity contribution is -0.141. The predicted octanol–water partition coefficient (Wildman–Crippen LogP) is 10.6. The van der Waals surface area contributed by atoms with E-state index in [0.717, 1.165) is 98.0 Å². The Kier molecular flexibility index (Phi) is 31.5. The Hall–Kier alpha value is -10.2. The largest absolute Gasteiger partial charge is 0.496 e. The zero-order valence-corrected chi connectivity index (χ0v) is 63.2. The summed E-state index contributed by atoms with van der Waals surface area (Å²) in [4.78, 5) is 98.5. The fraction of sp³-hybridized carbons (Fsp3) is 0.545. The number of esters is 2. The summed E-state index contributed by atoms with van der Waals surface area (Å²) in [6, 6.07) is 21.0. The Balaban J connectivity index is 0.000000221. The molecule has 3 aromatic heterocycles. The van der Waals surface area contributed by atoms with E-state index in [0.29, 0.717) is 66.2 Å². The highest BCUT2D eigenvalue weighted by Crippen LogP contribution is 2.45. The van der Waals surface area contributed by atoms with Crippen molar-refractivity contribution in [2.24, 2.45) is 23.7 Å². The van der Waals surface area contributed by atoms with Crippen molar-refractivity contribution < 1.29 is 81.4 Å². The van der Waals surface area contributed by atoms with E-state index in [-0.39, 0.29) is 109 Å². The van der Waals surface area contributed by atoms with Crippen LogP contribution in [0, 0.1) is 23.7 Å². The third-order valence-electron chi connectivity index (χ3n) is 18.3. The summed E-state index contributed by atoms with van der Waals surface area (Å²) in [6.07, 6.45) is 12.3. The Morgan fingerprint density at radius 2 is 0.743 bits per heavy atom. The Morgan fingerprint density at radius 1 is 0.438 bits per heavy atom. The van der Waals surface area contributed by atoms with Gasteiger partial charge in [-0.2, -0.15) is 15.3 Å². The lowest BCUT2D eigenvalue weighted by Gasteiger charge is -2.20. The van der Waals surface area contributed by atoms with Crippen molar-refractivity contribution in [3.05, 3.63) is 89.9 Å².